The van der Waals surface area contributed by atoms with Gasteiger partial charge in [0.25, 0.3) is 5.91 Å². The molecule has 2 N–H and O–H groups in total. The van der Waals surface area contributed by atoms with Crippen LogP contribution in [-0.2, 0) is 0 Å². The van der Waals surface area contributed by atoms with Crippen LogP contribution in [0.1, 0.15) is 10.4 Å². The van der Waals surface area contributed by atoms with Gasteiger partial charge in [0.2, 0.25) is 5.89 Å². The molecule has 4 aromatic rings. The fraction of sp³-hybridized carbons (Fsp3) is 0.125. The minimum atomic E-state index is -0.453. The Morgan fingerprint density at radius 2 is 1.64 bits per heavy atom. The number of nitrogens with zero attached hydrogens (tertiary/aromatic N) is 1. The lowest BCUT2D eigenvalue weighted by Crippen LogP contribution is -2.34. The molecule has 0 unspecified atom stereocenters. The Balaban J connectivity index is 1.50. The molecule has 33 heavy (non-hydrogen) atoms. The fourth-order valence-electron chi connectivity index (χ4n) is 3.27. The van der Waals surface area contributed by atoms with Crippen LogP contribution in [0.3, 0.4) is 0 Å². The Kier molecular flexibility index (Phi) is 6.41. The number of ether oxygens (including phenoxy) is 3. The average molecular weight is 464 g/mol. The number of hydrogen-bond acceptors (Lipinski definition) is 7. The molecule has 0 fully saturated rings. The van der Waals surface area contributed by atoms with Crippen molar-refractivity contribution in [3.63, 3.8) is 0 Å². The summed E-state index contributed by atoms with van der Waals surface area (Å²) in [6.07, 6.45) is 0. The van der Waals surface area contributed by atoms with Gasteiger partial charge in [-0.1, -0.05) is 6.07 Å². The lowest BCUT2D eigenvalue weighted by molar-refractivity contribution is 0.0971. The fourth-order valence-corrected chi connectivity index (χ4v) is 3.48. The highest BCUT2D eigenvalue weighted by molar-refractivity contribution is 7.80. The molecule has 9 heteroatoms. The number of fused-ring (bicyclic) bond motifs is 1. The number of methoxy groups -OCH3 is 3. The van der Waals surface area contributed by atoms with Crippen molar-refractivity contribution >= 4 is 40.0 Å². The molecule has 1 heterocycles. The standard InChI is InChI=1S/C24H21N3O5S/c1-29-16-10-7-14(8-11-16)23-26-17-13-15(9-12-18(17)32-23)25-24(33)27-22(28)21-19(30-2)5-4-6-20(21)31-3/h4-13H,1-3H3,(H2,25,27,28,33). The molecule has 0 radical (unpaired) electrons. The van der Waals surface area contributed by atoms with Gasteiger partial charge in [-0.2, -0.15) is 0 Å². The Hall–Kier alpha value is -4.11. The Labute approximate surface area is 195 Å². The summed E-state index contributed by atoms with van der Waals surface area (Å²) in [4.78, 5) is 17.3. The third-order valence-electron chi connectivity index (χ3n) is 4.86. The van der Waals surface area contributed by atoms with E-state index in [-0.39, 0.29) is 10.7 Å². The molecule has 0 aliphatic rings. The van der Waals surface area contributed by atoms with Crippen LogP contribution in [0.25, 0.3) is 22.6 Å². The number of amides is 1. The minimum Gasteiger partial charge on any atom is -0.497 e. The van der Waals surface area contributed by atoms with Crippen LogP contribution < -0.4 is 24.8 Å². The number of hydrogen-bond donors (Lipinski definition) is 2. The minimum absolute atomic E-state index is 0.117. The molecule has 0 spiro atoms. The van der Waals surface area contributed by atoms with Crippen molar-refractivity contribution in [1.82, 2.24) is 10.3 Å². The predicted octanol–water partition coefficient (Wildman–Crippen LogP) is 4.65. The maximum atomic E-state index is 12.8. The van der Waals surface area contributed by atoms with E-state index in [9.17, 15) is 4.79 Å². The molecular formula is C24H21N3O5S. The summed E-state index contributed by atoms with van der Waals surface area (Å²) in [5.41, 5.74) is 3.00. The number of aromatic nitrogens is 1. The summed E-state index contributed by atoms with van der Waals surface area (Å²) >= 11 is 5.32. The number of thiocarbonyl (C=S) groups is 1. The highest BCUT2D eigenvalue weighted by atomic mass is 32.1. The first-order chi connectivity index (χ1) is 16.0. The van der Waals surface area contributed by atoms with Crippen LogP contribution >= 0.6 is 12.2 Å². The summed E-state index contributed by atoms with van der Waals surface area (Å²) in [7, 11) is 4.58. The Morgan fingerprint density at radius 3 is 2.27 bits per heavy atom. The van der Waals surface area contributed by atoms with Gasteiger partial charge in [0.05, 0.1) is 21.3 Å². The van der Waals surface area contributed by atoms with Crippen LogP contribution in [0.2, 0.25) is 0 Å². The number of oxazole rings is 1. The molecule has 0 saturated carbocycles. The van der Waals surface area contributed by atoms with E-state index in [1.807, 2.05) is 24.3 Å². The maximum absolute atomic E-state index is 12.8. The zero-order valence-electron chi connectivity index (χ0n) is 18.2. The van der Waals surface area contributed by atoms with Gasteiger partial charge in [-0.3, -0.25) is 10.1 Å². The van der Waals surface area contributed by atoms with Crippen molar-refractivity contribution in [2.45, 2.75) is 0 Å². The molecule has 168 valence electrons. The zero-order chi connectivity index (χ0) is 23.4. The molecule has 0 bridgehead atoms. The number of rotatable bonds is 6. The second-order valence-corrected chi connectivity index (χ2v) is 7.28. The molecule has 0 aliphatic carbocycles. The zero-order valence-corrected chi connectivity index (χ0v) is 19.0. The van der Waals surface area contributed by atoms with Crippen molar-refractivity contribution in [2.24, 2.45) is 0 Å². The van der Waals surface area contributed by atoms with Crippen LogP contribution in [0.5, 0.6) is 17.2 Å². The highest BCUT2D eigenvalue weighted by Gasteiger charge is 2.19. The van der Waals surface area contributed by atoms with Crippen LogP contribution in [-0.4, -0.2) is 37.3 Å². The van der Waals surface area contributed by atoms with Gasteiger partial charge >= 0.3 is 0 Å². The third-order valence-corrected chi connectivity index (χ3v) is 5.07. The van der Waals surface area contributed by atoms with Crippen LogP contribution in [0.4, 0.5) is 5.69 Å². The molecule has 0 atom stereocenters. The van der Waals surface area contributed by atoms with Crippen molar-refractivity contribution in [1.29, 1.82) is 0 Å². The topological polar surface area (TPSA) is 94.9 Å². The average Bonchev–Trinajstić information content (AvgIpc) is 3.26. The van der Waals surface area contributed by atoms with Gasteiger partial charge in [0.1, 0.15) is 28.3 Å². The number of nitrogens with one attached hydrogen (secondary N) is 2. The smallest absolute Gasteiger partial charge is 0.264 e. The number of benzene rings is 3. The van der Waals surface area contributed by atoms with Crippen molar-refractivity contribution in [3.8, 4) is 28.7 Å². The second kappa shape index (κ2) is 9.58. The molecule has 8 nitrogen and oxygen atoms in total. The van der Waals surface area contributed by atoms with Gasteiger partial charge in [0, 0.05) is 11.3 Å². The molecular weight excluding hydrogens is 442 g/mol. The van der Waals surface area contributed by atoms with E-state index in [4.69, 9.17) is 30.8 Å². The first kappa shape index (κ1) is 22.1. The largest absolute Gasteiger partial charge is 0.497 e. The van der Waals surface area contributed by atoms with Gasteiger partial charge in [-0.05, 0) is 66.8 Å². The summed E-state index contributed by atoms with van der Waals surface area (Å²) in [5.74, 6) is 1.55. The van der Waals surface area contributed by atoms with Gasteiger partial charge in [-0.25, -0.2) is 4.98 Å². The first-order valence-corrected chi connectivity index (χ1v) is 10.3. The molecule has 3 aromatic carbocycles. The van der Waals surface area contributed by atoms with E-state index in [2.05, 4.69) is 15.6 Å². The lowest BCUT2D eigenvalue weighted by atomic mass is 10.1. The monoisotopic (exact) mass is 463 g/mol. The molecule has 0 aliphatic heterocycles. The van der Waals surface area contributed by atoms with E-state index in [1.54, 1.807) is 43.5 Å². The summed E-state index contributed by atoms with van der Waals surface area (Å²) < 4.78 is 21.6. The SMILES string of the molecule is COc1ccc(-c2nc3cc(NC(=S)NC(=O)c4c(OC)cccc4OC)ccc3o2)cc1. The summed E-state index contributed by atoms with van der Waals surface area (Å²) in [6.45, 7) is 0. The maximum Gasteiger partial charge on any atom is 0.264 e. The third kappa shape index (κ3) is 4.73. The van der Waals surface area contributed by atoms with Crippen LogP contribution in [0, 0.1) is 0 Å². The van der Waals surface area contributed by atoms with E-state index in [0.717, 1.165) is 11.3 Å². The summed E-state index contributed by atoms with van der Waals surface area (Å²) in [5, 5.41) is 5.76. The molecule has 0 saturated heterocycles. The van der Waals surface area contributed by atoms with E-state index in [0.29, 0.717) is 34.2 Å². The molecule has 1 aromatic heterocycles. The second-order valence-electron chi connectivity index (χ2n) is 6.88. The van der Waals surface area contributed by atoms with E-state index in [1.165, 1.54) is 14.2 Å². The Morgan fingerprint density at radius 1 is 0.939 bits per heavy atom. The van der Waals surface area contributed by atoms with Crippen molar-refractivity contribution in [2.75, 3.05) is 26.6 Å². The first-order valence-electron chi connectivity index (χ1n) is 9.90. The number of carbonyl (C=O) groups excluding carboxylic acids is 1. The van der Waals surface area contributed by atoms with Crippen molar-refractivity contribution < 1.29 is 23.4 Å². The lowest BCUT2D eigenvalue weighted by Gasteiger charge is -2.14. The van der Waals surface area contributed by atoms with Gasteiger partial charge < -0.3 is 23.9 Å². The number of anilines is 1. The normalized spacial score (nSPS) is 10.5. The van der Waals surface area contributed by atoms with E-state index >= 15 is 0 Å². The molecule has 1 amide bonds. The highest BCUT2D eigenvalue weighted by Crippen LogP contribution is 2.29. The Bertz CT molecular complexity index is 1300. The van der Waals surface area contributed by atoms with Gasteiger partial charge in [-0.15, -0.1) is 0 Å². The summed E-state index contributed by atoms with van der Waals surface area (Å²) in [6, 6.07) is 17.9. The number of carbonyl (C=O) groups is 1. The van der Waals surface area contributed by atoms with Gasteiger partial charge in [0.15, 0.2) is 10.7 Å². The van der Waals surface area contributed by atoms with E-state index < -0.39 is 5.91 Å². The quantitative estimate of drug-likeness (QED) is 0.399. The molecule has 4 rings (SSSR count). The van der Waals surface area contributed by atoms with Crippen molar-refractivity contribution in [3.05, 3.63) is 66.2 Å². The predicted molar refractivity (Wildman–Crippen MR) is 129 cm³/mol. The van der Waals surface area contributed by atoms with Crippen LogP contribution in [0.15, 0.2) is 65.1 Å².